The predicted octanol–water partition coefficient (Wildman–Crippen LogP) is 9.98. The van der Waals surface area contributed by atoms with Gasteiger partial charge in [0.1, 0.15) is 9.67 Å². The highest BCUT2D eigenvalue weighted by molar-refractivity contribution is 14.1. The molecule has 0 saturated carbocycles. The van der Waals surface area contributed by atoms with Gasteiger partial charge >= 0.3 is 23.9 Å². The monoisotopic (exact) mass is 888 g/mol. The zero-order valence-electron chi connectivity index (χ0n) is 33.7. The number of aliphatic hydroxyl groups is 1. The van der Waals surface area contributed by atoms with Gasteiger partial charge in [-0.25, -0.2) is 0 Å². The van der Waals surface area contributed by atoms with Crippen molar-refractivity contribution >= 4 is 52.3 Å². The molecule has 0 fully saturated rings. The summed E-state index contributed by atoms with van der Waals surface area (Å²) in [5.41, 5.74) is -0.139. The van der Waals surface area contributed by atoms with E-state index in [0.717, 1.165) is 16.7 Å². The molecule has 9 nitrogen and oxygen atoms in total. The Morgan fingerprint density at radius 3 is 1.81 bits per heavy atom. The first-order valence-electron chi connectivity index (χ1n) is 19.1. The molecule has 0 aliphatic rings. The first kappa shape index (κ1) is 45.0. The van der Waals surface area contributed by atoms with Crippen molar-refractivity contribution in [1.29, 1.82) is 0 Å². The van der Waals surface area contributed by atoms with Crippen molar-refractivity contribution in [3.05, 3.63) is 137 Å². The van der Waals surface area contributed by atoms with Gasteiger partial charge in [0, 0.05) is 30.7 Å². The summed E-state index contributed by atoms with van der Waals surface area (Å²) < 4.78 is 10.5. The van der Waals surface area contributed by atoms with E-state index in [1.54, 1.807) is 12.1 Å². The van der Waals surface area contributed by atoms with Gasteiger partial charge in [-0.3, -0.25) is 24.0 Å². The number of esters is 3. The van der Waals surface area contributed by atoms with Gasteiger partial charge in [-0.2, -0.15) is 0 Å². The smallest absolute Gasteiger partial charge is 0.327 e. The van der Waals surface area contributed by atoms with Crippen LogP contribution in [0.5, 0.6) is 5.75 Å². The molecular weight excluding hydrogens is 835 g/mol. The average Bonchev–Trinajstić information content (AvgIpc) is 3.17. The molecule has 5 unspecified atom stereocenters. The number of aliphatic hydroxyl groups excluding tert-OH is 1. The maximum absolute atomic E-state index is 15.2. The van der Waals surface area contributed by atoms with Crippen molar-refractivity contribution in [2.75, 3.05) is 0 Å². The van der Waals surface area contributed by atoms with Crippen LogP contribution in [-0.4, -0.2) is 43.8 Å². The zero-order valence-corrected chi connectivity index (χ0v) is 35.8. The number of hydrogen-bond donors (Lipinski definition) is 2. The molecule has 5 atom stereocenters. The second kappa shape index (κ2) is 19.2. The molecule has 0 heterocycles. The van der Waals surface area contributed by atoms with Crippen LogP contribution in [0.3, 0.4) is 0 Å². The number of carboxylic acid groups (broad SMARTS) is 1. The number of ketones is 1. The van der Waals surface area contributed by atoms with Crippen LogP contribution >= 0.6 is 22.6 Å². The van der Waals surface area contributed by atoms with Gasteiger partial charge in [0.2, 0.25) is 0 Å². The van der Waals surface area contributed by atoms with Crippen molar-refractivity contribution in [1.82, 2.24) is 0 Å². The lowest BCUT2D eigenvalue weighted by molar-refractivity contribution is -0.175. The number of benzene rings is 4. The van der Waals surface area contributed by atoms with Gasteiger partial charge in [0.15, 0.2) is 5.78 Å². The molecule has 0 aliphatic carbocycles. The summed E-state index contributed by atoms with van der Waals surface area (Å²) in [6.07, 6.45) is -1.01. The van der Waals surface area contributed by atoms with E-state index in [-0.39, 0.29) is 18.0 Å². The number of carbonyl (C=O) groups excluding carboxylic acids is 4. The molecule has 0 aromatic heterocycles. The highest BCUT2D eigenvalue weighted by Crippen LogP contribution is 2.63. The molecule has 10 heteroatoms. The van der Waals surface area contributed by atoms with Crippen LogP contribution < -0.4 is 4.74 Å². The van der Waals surface area contributed by atoms with Crippen LogP contribution in [0.4, 0.5) is 0 Å². The lowest BCUT2D eigenvalue weighted by Gasteiger charge is -2.57. The van der Waals surface area contributed by atoms with E-state index >= 15 is 4.79 Å². The molecular formula is C47H53IO9. The predicted molar refractivity (Wildman–Crippen MR) is 227 cm³/mol. The van der Waals surface area contributed by atoms with Crippen molar-refractivity contribution in [2.24, 2.45) is 16.2 Å². The second-order valence-corrected chi connectivity index (χ2v) is 17.3. The number of carboxylic acids is 1. The van der Waals surface area contributed by atoms with E-state index in [1.165, 1.54) is 31.2 Å². The van der Waals surface area contributed by atoms with E-state index in [0.29, 0.717) is 24.0 Å². The molecule has 0 amide bonds. The van der Waals surface area contributed by atoms with Crippen LogP contribution in [0, 0.1) is 23.2 Å². The zero-order chi connectivity index (χ0) is 42.1. The Morgan fingerprint density at radius 2 is 1.30 bits per heavy atom. The summed E-state index contributed by atoms with van der Waals surface area (Å²) in [4.78, 5) is 66.6. The molecule has 4 aromatic rings. The number of carbonyl (C=O) groups is 5. The molecule has 57 heavy (non-hydrogen) atoms. The quantitative estimate of drug-likeness (QED) is 0.0249. The number of aliphatic carboxylic acids is 1. The van der Waals surface area contributed by atoms with Crippen LogP contribution in [0.2, 0.25) is 0 Å². The van der Waals surface area contributed by atoms with Crippen LogP contribution in [-0.2, 0) is 23.9 Å². The van der Waals surface area contributed by atoms with E-state index in [1.807, 2.05) is 137 Å². The molecule has 302 valence electrons. The summed E-state index contributed by atoms with van der Waals surface area (Å²) in [7, 11) is 0. The number of aryl methyl sites for hydroxylation is 1. The molecule has 4 rings (SSSR count). The summed E-state index contributed by atoms with van der Waals surface area (Å²) >= 11 is 2.00. The number of halogens is 1. The number of hydrogen-bond acceptors (Lipinski definition) is 8. The molecule has 4 aromatic carbocycles. The fourth-order valence-electron chi connectivity index (χ4n) is 8.01. The van der Waals surface area contributed by atoms with Crippen molar-refractivity contribution in [3.63, 3.8) is 0 Å². The maximum Gasteiger partial charge on any atom is 0.327 e. The summed E-state index contributed by atoms with van der Waals surface area (Å²) in [6.45, 7) is 12.7. The van der Waals surface area contributed by atoms with Crippen LogP contribution in [0.15, 0.2) is 109 Å². The first-order chi connectivity index (χ1) is 26.8. The fourth-order valence-corrected chi connectivity index (χ4v) is 8.81. The van der Waals surface area contributed by atoms with Crippen molar-refractivity contribution in [3.8, 4) is 5.75 Å². The standard InChI is InChI=1S/C47H53IO9/c1-8-38(33-17-13-10-14-18-33)47(29-41(52)53,44(55)57-36-25-23-35(24-26-36)40(51)27-39(50)34-21-19-30(2)20-22-34)46(6,7)45(4,5)28-37(32-15-11-9-12-16-32)42(48)43(54)56-31(3)49/h9-26,37-39,42,50H,8,27-29H2,1-7H3,(H,52,53). The van der Waals surface area contributed by atoms with Crippen LogP contribution in [0.25, 0.3) is 0 Å². The van der Waals surface area contributed by atoms with E-state index in [9.17, 15) is 29.4 Å². The molecule has 0 spiro atoms. The van der Waals surface area contributed by atoms with E-state index < -0.39 is 68.4 Å². The lowest BCUT2D eigenvalue weighted by Crippen LogP contribution is -2.58. The Balaban J connectivity index is 1.78. The lowest BCUT2D eigenvalue weighted by atomic mass is 9.46. The number of Topliss-reactive ketones (excluding diaryl/α,β-unsaturated/α-hetero) is 1. The highest BCUT2D eigenvalue weighted by atomic mass is 127. The molecule has 2 N–H and O–H groups in total. The molecule has 0 radical (unpaired) electrons. The van der Waals surface area contributed by atoms with Crippen molar-refractivity contribution in [2.45, 2.75) is 96.0 Å². The molecule has 0 bridgehead atoms. The summed E-state index contributed by atoms with van der Waals surface area (Å²) in [5, 5.41) is 21.4. The molecule has 0 aliphatic heterocycles. The summed E-state index contributed by atoms with van der Waals surface area (Å²) in [6, 6.07) is 32.1. The van der Waals surface area contributed by atoms with Gasteiger partial charge in [0.05, 0.1) is 17.9 Å². The first-order valence-corrected chi connectivity index (χ1v) is 20.4. The van der Waals surface area contributed by atoms with Gasteiger partial charge in [-0.1, -0.05) is 148 Å². The van der Waals surface area contributed by atoms with E-state index in [2.05, 4.69) is 0 Å². The van der Waals surface area contributed by atoms with Crippen LogP contribution in [0.1, 0.15) is 118 Å². The minimum atomic E-state index is -1.69. The summed E-state index contributed by atoms with van der Waals surface area (Å²) in [5.74, 6) is -4.63. The third kappa shape index (κ3) is 10.4. The minimum absolute atomic E-state index is 0.128. The van der Waals surface area contributed by atoms with E-state index in [4.69, 9.17) is 9.47 Å². The number of ether oxygens (including phenoxy) is 2. The maximum atomic E-state index is 15.2. The second-order valence-electron chi connectivity index (χ2n) is 15.9. The third-order valence-corrected chi connectivity index (χ3v) is 13.2. The van der Waals surface area contributed by atoms with Crippen molar-refractivity contribution < 1.29 is 43.7 Å². The highest BCUT2D eigenvalue weighted by Gasteiger charge is 2.63. The van der Waals surface area contributed by atoms with Gasteiger partial charge in [0.25, 0.3) is 0 Å². The Bertz CT molecular complexity index is 2010. The number of rotatable bonds is 18. The van der Waals surface area contributed by atoms with Gasteiger partial charge in [-0.05, 0) is 71.6 Å². The Morgan fingerprint density at radius 1 is 0.754 bits per heavy atom. The SMILES string of the molecule is CCC(c1ccccc1)C(CC(=O)O)(C(=O)Oc1ccc(C(=O)CC(O)c2ccc(C)cc2)cc1)C(C)(C)C(C)(C)CC(c1ccccc1)C(I)C(=O)OC(C)=O. The number of alkyl halides is 1. The normalized spacial score (nSPS) is 15.0. The molecule has 0 saturated heterocycles. The Kier molecular flexibility index (Phi) is 15.1. The van der Waals surface area contributed by atoms with Gasteiger partial charge in [-0.15, -0.1) is 0 Å². The third-order valence-electron chi connectivity index (χ3n) is 11.8. The Labute approximate surface area is 349 Å². The Hall–Kier alpha value is -4.68. The topological polar surface area (TPSA) is 144 Å². The largest absolute Gasteiger partial charge is 0.481 e. The fraction of sp³-hybridized carbons (Fsp3) is 0.383. The van der Waals surface area contributed by atoms with Gasteiger partial charge < -0.3 is 19.7 Å². The average molecular weight is 889 g/mol. The minimum Gasteiger partial charge on any atom is -0.481 e.